The third-order valence-corrected chi connectivity index (χ3v) is 7.32. The van der Waals surface area contributed by atoms with Crippen molar-refractivity contribution in [1.29, 1.82) is 0 Å². The van der Waals surface area contributed by atoms with E-state index in [0.717, 1.165) is 69.8 Å². The number of morpholine rings is 1. The molecule has 1 saturated heterocycles. The summed E-state index contributed by atoms with van der Waals surface area (Å²) in [7, 11) is 0. The monoisotopic (exact) mass is 385 g/mol. The van der Waals surface area contributed by atoms with Gasteiger partial charge in [0.15, 0.2) is 0 Å². The Morgan fingerprint density at radius 2 is 1.96 bits per heavy atom. The number of nitrogens with zero attached hydrogens (tertiary/aromatic N) is 2. The van der Waals surface area contributed by atoms with Gasteiger partial charge in [-0.2, -0.15) is 0 Å². The molecule has 2 atom stereocenters. The zero-order valence-electron chi connectivity index (χ0n) is 16.5. The molecule has 4 saturated carbocycles. The first-order valence-corrected chi connectivity index (χ1v) is 10.8. The van der Waals surface area contributed by atoms with Gasteiger partial charge >= 0.3 is 0 Å². The average Bonchev–Trinajstić information content (AvgIpc) is 2.65. The highest BCUT2D eigenvalue weighted by molar-refractivity contribution is 5.76. The van der Waals surface area contributed by atoms with Crippen LogP contribution < -0.4 is 10.2 Å². The molecule has 1 aromatic rings. The lowest BCUT2D eigenvalue weighted by Crippen LogP contribution is -2.56. The van der Waals surface area contributed by atoms with E-state index in [-0.39, 0.29) is 11.3 Å². The van der Waals surface area contributed by atoms with Gasteiger partial charge in [-0.05, 0) is 67.4 Å². The van der Waals surface area contributed by atoms with Gasteiger partial charge in [-0.1, -0.05) is 6.07 Å². The Hall–Kier alpha value is -1.66. The van der Waals surface area contributed by atoms with Crippen LogP contribution >= 0.6 is 0 Å². The van der Waals surface area contributed by atoms with Crippen LogP contribution in [-0.4, -0.2) is 47.9 Å². The molecule has 6 heteroatoms. The molecule has 1 aromatic heterocycles. The maximum absolute atomic E-state index is 12.7. The Kier molecular flexibility index (Phi) is 4.59. The second-order valence-corrected chi connectivity index (χ2v) is 9.76. The van der Waals surface area contributed by atoms with Crippen molar-refractivity contribution in [2.24, 2.45) is 17.3 Å². The predicted molar refractivity (Wildman–Crippen MR) is 106 cm³/mol. The van der Waals surface area contributed by atoms with Gasteiger partial charge < -0.3 is 20.1 Å². The van der Waals surface area contributed by atoms with E-state index in [1.165, 1.54) is 6.42 Å². The Labute approximate surface area is 166 Å². The summed E-state index contributed by atoms with van der Waals surface area (Å²) in [6.07, 6.45) is 8.63. The fraction of sp³-hybridized carbons (Fsp3) is 0.727. The van der Waals surface area contributed by atoms with Crippen molar-refractivity contribution in [2.75, 3.05) is 31.2 Å². The molecule has 1 amide bonds. The molecule has 6 nitrogen and oxygen atoms in total. The molecule has 4 aliphatic carbocycles. The molecule has 6 rings (SSSR count). The van der Waals surface area contributed by atoms with E-state index in [2.05, 4.69) is 15.2 Å². The first kappa shape index (κ1) is 18.4. The van der Waals surface area contributed by atoms with Gasteiger partial charge in [0, 0.05) is 32.3 Å². The Balaban J connectivity index is 1.16. The lowest BCUT2D eigenvalue weighted by molar-refractivity contribution is -0.169. The molecular weight excluding hydrogens is 354 g/mol. The van der Waals surface area contributed by atoms with E-state index in [1.54, 1.807) is 0 Å². The van der Waals surface area contributed by atoms with Gasteiger partial charge in [0.25, 0.3) is 0 Å². The third-order valence-electron chi connectivity index (χ3n) is 7.32. The van der Waals surface area contributed by atoms with Crippen molar-refractivity contribution in [3.63, 3.8) is 0 Å². The molecule has 5 aliphatic rings. The molecule has 5 fully saturated rings. The number of rotatable bonds is 5. The van der Waals surface area contributed by atoms with Gasteiger partial charge in [0.05, 0.1) is 18.8 Å². The van der Waals surface area contributed by atoms with Crippen LogP contribution in [0.25, 0.3) is 0 Å². The summed E-state index contributed by atoms with van der Waals surface area (Å²) in [5.74, 6) is 2.33. The Morgan fingerprint density at radius 3 is 2.61 bits per heavy atom. The summed E-state index contributed by atoms with van der Waals surface area (Å²) in [6, 6.07) is 4.08. The number of hydrogen-bond acceptors (Lipinski definition) is 5. The zero-order chi connectivity index (χ0) is 19.2. The van der Waals surface area contributed by atoms with Crippen LogP contribution in [0, 0.1) is 17.3 Å². The maximum Gasteiger partial charge on any atom is 0.220 e. The van der Waals surface area contributed by atoms with Gasteiger partial charge in [0.2, 0.25) is 5.91 Å². The van der Waals surface area contributed by atoms with E-state index in [9.17, 15) is 9.90 Å². The van der Waals surface area contributed by atoms with Gasteiger partial charge in [0.1, 0.15) is 5.82 Å². The van der Waals surface area contributed by atoms with E-state index in [1.807, 2.05) is 18.3 Å². The number of anilines is 1. The van der Waals surface area contributed by atoms with E-state index < -0.39 is 5.60 Å². The highest BCUT2D eigenvalue weighted by Crippen LogP contribution is 2.62. The summed E-state index contributed by atoms with van der Waals surface area (Å²) in [4.78, 5) is 19.5. The number of ether oxygens (including phenoxy) is 1. The normalized spacial score (nSPS) is 36.5. The largest absolute Gasteiger partial charge is 0.390 e. The standard InChI is InChI=1S/C22H31N3O3/c26-20(12-21-8-17-7-18(9-21)11-22(27,10-17)15-21)24-14-16-1-2-19(23-13-16)25-3-5-28-6-4-25/h1-2,13,17-18,27H,3-12,14-15H2,(H,24,26). The average molecular weight is 386 g/mol. The van der Waals surface area contributed by atoms with E-state index >= 15 is 0 Å². The first-order chi connectivity index (χ1) is 13.5. The van der Waals surface area contributed by atoms with Crippen LogP contribution in [0.15, 0.2) is 18.3 Å². The van der Waals surface area contributed by atoms with E-state index in [4.69, 9.17) is 4.74 Å². The van der Waals surface area contributed by atoms with Crippen LogP contribution in [0.4, 0.5) is 5.82 Å². The second kappa shape index (κ2) is 6.99. The maximum atomic E-state index is 12.7. The molecule has 152 valence electrons. The highest BCUT2D eigenvalue weighted by atomic mass is 16.5. The van der Waals surface area contributed by atoms with Crippen molar-refractivity contribution >= 4 is 11.7 Å². The Morgan fingerprint density at radius 1 is 1.21 bits per heavy atom. The summed E-state index contributed by atoms with van der Waals surface area (Å²) < 4.78 is 5.38. The minimum atomic E-state index is -0.496. The molecule has 2 N–H and O–H groups in total. The molecule has 2 heterocycles. The number of aromatic nitrogens is 1. The summed E-state index contributed by atoms with van der Waals surface area (Å²) >= 11 is 0. The lowest BCUT2D eigenvalue weighted by atomic mass is 9.47. The van der Waals surface area contributed by atoms with Crippen LogP contribution in [-0.2, 0) is 16.1 Å². The topological polar surface area (TPSA) is 74.7 Å². The summed E-state index contributed by atoms with van der Waals surface area (Å²) in [6.45, 7) is 3.76. The minimum Gasteiger partial charge on any atom is -0.390 e. The fourth-order valence-corrected chi connectivity index (χ4v) is 6.71. The number of amides is 1. The first-order valence-electron chi connectivity index (χ1n) is 10.8. The predicted octanol–water partition coefficient (Wildman–Crippen LogP) is 2.26. The van der Waals surface area contributed by atoms with Crippen molar-refractivity contribution in [3.05, 3.63) is 23.9 Å². The number of carbonyl (C=O) groups is 1. The molecule has 28 heavy (non-hydrogen) atoms. The molecule has 0 spiro atoms. The van der Waals surface area contributed by atoms with Crippen LogP contribution in [0.1, 0.15) is 50.5 Å². The lowest BCUT2D eigenvalue weighted by Gasteiger charge is -2.60. The van der Waals surface area contributed by atoms with Gasteiger partial charge in [-0.25, -0.2) is 4.98 Å². The number of hydrogen-bond donors (Lipinski definition) is 2. The number of nitrogens with one attached hydrogen (secondary N) is 1. The number of pyridine rings is 1. The number of aliphatic hydroxyl groups is 1. The molecular formula is C22H31N3O3. The second-order valence-electron chi connectivity index (χ2n) is 9.76. The molecule has 1 aliphatic heterocycles. The molecule has 0 radical (unpaired) electrons. The van der Waals surface area contributed by atoms with Crippen LogP contribution in [0.3, 0.4) is 0 Å². The smallest absolute Gasteiger partial charge is 0.220 e. The number of carbonyl (C=O) groups excluding carboxylic acids is 1. The quantitative estimate of drug-likeness (QED) is 0.813. The highest BCUT2D eigenvalue weighted by Gasteiger charge is 2.57. The molecule has 2 unspecified atom stereocenters. The summed E-state index contributed by atoms with van der Waals surface area (Å²) in [5.41, 5.74) is 0.555. The zero-order valence-corrected chi connectivity index (χ0v) is 16.5. The van der Waals surface area contributed by atoms with Crippen molar-refractivity contribution in [2.45, 2.75) is 57.1 Å². The van der Waals surface area contributed by atoms with Crippen molar-refractivity contribution in [3.8, 4) is 0 Å². The van der Waals surface area contributed by atoms with Gasteiger partial charge in [-0.3, -0.25) is 4.79 Å². The fourth-order valence-electron chi connectivity index (χ4n) is 6.71. The van der Waals surface area contributed by atoms with Crippen molar-refractivity contribution in [1.82, 2.24) is 10.3 Å². The van der Waals surface area contributed by atoms with Crippen LogP contribution in [0.5, 0.6) is 0 Å². The molecule has 0 aromatic carbocycles. The molecule has 4 bridgehead atoms. The summed E-state index contributed by atoms with van der Waals surface area (Å²) in [5, 5.41) is 14.0. The van der Waals surface area contributed by atoms with Crippen molar-refractivity contribution < 1.29 is 14.6 Å². The Bertz CT molecular complexity index is 715. The minimum absolute atomic E-state index is 0.0291. The van der Waals surface area contributed by atoms with Crippen LogP contribution in [0.2, 0.25) is 0 Å². The third kappa shape index (κ3) is 3.64. The SMILES string of the molecule is O=C(CC12CC3CC(CC(O)(C3)C1)C2)NCc1ccc(N2CCOCC2)nc1. The van der Waals surface area contributed by atoms with Gasteiger partial charge in [-0.15, -0.1) is 0 Å². The van der Waals surface area contributed by atoms with E-state index in [0.29, 0.717) is 24.8 Å².